The van der Waals surface area contributed by atoms with Gasteiger partial charge in [0.15, 0.2) is 0 Å². The van der Waals surface area contributed by atoms with E-state index in [0.29, 0.717) is 17.3 Å². The molecule has 3 heterocycles. The number of fused-ring (bicyclic) bond motifs is 1. The molecule has 0 aliphatic carbocycles. The number of hydrogen-bond acceptors (Lipinski definition) is 5. The van der Waals surface area contributed by atoms with Crippen LogP contribution in [0, 0.1) is 0 Å². The van der Waals surface area contributed by atoms with Gasteiger partial charge in [-0.15, -0.1) is 0 Å². The zero-order valence-corrected chi connectivity index (χ0v) is 14.0. The molecule has 26 heavy (non-hydrogen) atoms. The van der Waals surface area contributed by atoms with Gasteiger partial charge in [0.2, 0.25) is 0 Å². The Morgan fingerprint density at radius 1 is 1.15 bits per heavy atom. The molecular formula is C17H12ClN5O3. The number of amides is 2. The molecule has 130 valence electrons. The average Bonchev–Trinajstić information content (AvgIpc) is 3.11. The molecule has 1 aromatic carbocycles. The highest BCUT2D eigenvalue weighted by molar-refractivity contribution is 6.30. The largest absolute Gasteiger partial charge is 0.384 e. The first kappa shape index (κ1) is 16.1. The third-order valence-electron chi connectivity index (χ3n) is 4.07. The van der Waals surface area contributed by atoms with E-state index in [1.54, 1.807) is 29.1 Å². The van der Waals surface area contributed by atoms with E-state index in [4.69, 9.17) is 17.3 Å². The van der Waals surface area contributed by atoms with Gasteiger partial charge in [-0.05, 0) is 17.7 Å². The standard InChI is InChI=1S/C17H12ClN5O3/c18-10-6-20-22(8-10)7-9-2-1-3-11(4-9)23-13(24)5-12-14(15(23)19)17(26)21-16(12)25/h1-6,8H,7,19H2,(H,21,25,26). The van der Waals surface area contributed by atoms with Gasteiger partial charge in [-0.2, -0.15) is 5.10 Å². The number of rotatable bonds is 3. The number of nitrogens with one attached hydrogen (secondary N) is 1. The summed E-state index contributed by atoms with van der Waals surface area (Å²) >= 11 is 5.86. The van der Waals surface area contributed by atoms with Crippen LogP contribution in [0.15, 0.2) is 47.5 Å². The predicted octanol–water partition coefficient (Wildman–Crippen LogP) is 1.20. The molecular weight excluding hydrogens is 358 g/mol. The quantitative estimate of drug-likeness (QED) is 0.674. The van der Waals surface area contributed by atoms with Crippen LogP contribution >= 0.6 is 11.6 Å². The number of carbonyl (C=O) groups excluding carboxylic acids is 2. The van der Waals surface area contributed by atoms with Gasteiger partial charge in [0.1, 0.15) is 5.82 Å². The lowest BCUT2D eigenvalue weighted by molar-refractivity contribution is 0.0880. The van der Waals surface area contributed by atoms with Crippen molar-refractivity contribution in [1.82, 2.24) is 19.7 Å². The van der Waals surface area contributed by atoms with Crippen molar-refractivity contribution in [2.45, 2.75) is 6.54 Å². The molecule has 0 bridgehead atoms. The molecule has 9 heteroatoms. The Morgan fingerprint density at radius 2 is 1.96 bits per heavy atom. The fraction of sp³-hybridized carbons (Fsp3) is 0.0588. The van der Waals surface area contributed by atoms with Crippen molar-refractivity contribution in [3.8, 4) is 5.69 Å². The van der Waals surface area contributed by atoms with E-state index < -0.39 is 17.4 Å². The summed E-state index contributed by atoms with van der Waals surface area (Å²) in [6, 6.07) is 8.20. The van der Waals surface area contributed by atoms with Gasteiger partial charge in [0.25, 0.3) is 17.4 Å². The lowest BCUT2D eigenvalue weighted by atomic mass is 10.1. The summed E-state index contributed by atoms with van der Waals surface area (Å²) in [6.45, 7) is 0.444. The first-order chi connectivity index (χ1) is 12.4. The van der Waals surface area contributed by atoms with Gasteiger partial charge in [-0.3, -0.25) is 28.9 Å². The summed E-state index contributed by atoms with van der Waals surface area (Å²) in [4.78, 5) is 36.2. The van der Waals surface area contributed by atoms with Gasteiger partial charge in [0.05, 0.1) is 34.6 Å². The molecule has 8 nitrogen and oxygen atoms in total. The van der Waals surface area contributed by atoms with E-state index in [1.165, 1.54) is 10.8 Å². The minimum absolute atomic E-state index is 0.00362. The minimum atomic E-state index is -0.620. The fourth-order valence-corrected chi connectivity index (χ4v) is 3.11. The maximum absolute atomic E-state index is 12.5. The number of nitrogen functional groups attached to an aromatic ring is 1. The molecule has 3 N–H and O–H groups in total. The normalized spacial score (nSPS) is 13.0. The van der Waals surface area contributed by atoms with Crippen LogP contribution in [-0.4, -0.2) is 26.2 Å². The number of nitrogens with zero attached hydrogens (tertiary/aromatic N) is 3. The average molecular weight is 370 g/mol. The summed E-state index contributed by atoms with van der Waals surface area (Å²) in [5, 5.41) is 6.78. The van der Waals surface area contributed by atoms with Crippen molar-refractivity contribution in [2.24, 2.45) is 0 Å². The Kier molecular flexibility index (Phi) is 3.62. The third kappa shape index (κ3) is 2.56. The van der Waals surface area contributed by atoms with Gasteiger partial charge >= 0.3 is 0 Å². The zero-order valence-electron chi connectivity index (χ0n) is 13.3. The lowest BCUT2D eigenvalue weighted by Gasteiger charge is -2.13. The molecule has 2 aromatic heterocycles. The number of imide groups is 1. The smallest absolute Gasteiger partial charge is 0.262 e. The Morgan fingerprint density at radius 3 is 2.69 bits per heavy atom. The second-order valence-electron chi connectivity index (χ2n) is 5.80. The highest BCUT2D eigenvalue weighted by Gasteiger charge is 2.31. The first-order valence-electron chi connectivity index (χ1n) is 7.62. The monoisotopic (exact) mass is 369 g/mol. The topological polar surface area (TPSA) is 112 Å². The van der Waals surface area contributed by atoms with Crippen LogP contribution in [0.5, 0.6) is 0 Å². The predicted molar refractivity (Wildman–Crippen MR) is 94.6 cm³/mol. The molecule has 3 aromatic rings. The van der Waals surface area contributed by atoms with Crippen LogP contribution in [0.2, 0.25) is 5.02 Å². The zero-order chi connectivity index (χ0) is 18.4. The minimum Gasteiger partial charge on any atom is -0.384 e. The number of halogens is 1. The van der Waals surface area contributed by atoms with Crippen molar-refractivity contribution >= 4 is 29.2 Å². The second-order valence-corrected chi connectivity index (χ2v) is 6.24. The van der Waals surface area contributed by atoms with Crippen LogP contribution in [-0.2, 0) is 6.54 Å². The van der Waals surface area contributed by atoms with Gasteiger partial charge in [0, 0.05) is 12.3 Å². The van der Waals surface area contributed by atoms with Crippen molar-refractivity contribution in [1.29, 1.82) is 0 Å². The van der Waals surface area contributed by atoms with Crippen molar-refractivity contribution < 1.29 is 9.59 Å². The summed E-state index contributed by atoms with van der Waals surface area (Å²) in [7, 11) is 0. The molecule has 0 saturated carbocycles. The summed E-state index contributed by atoms with van der Waals surface area (Å²) < 4.78 is 2.86. The van der Waals surface area contributed by atoms with Crippen molar-refractivity contribution in [3.05, 3.63) is 74.8 Å². The van der Waals surface area contributed by atoms with Gasteiger partial charge < -0.3 is 5.73 Å². The number of benzene rings is 1. The summed E-state index contributed by atoms with van der Waals surface area (Å²) in [5.41, 5.74) is 6.90. The molecule has 0 atom stereocenters. The Hall–Kier alpha value is -3.39. The Bertz CT molecular complexity index is 1130. The number of pyridine rings is 1. The molecule has 2 amide bonds. The Balaban J connectivity index is 1.80. The van der Waals surface area contributed by atoms with E-state index in [1.807, 2.05) is 6.07 Å². The van der Waals surface area contributed by atoms with Crippen LogP contribution in [0.4, 0.5) is 5.82 Å². The lowest BCUT2D eigenvalue weighted by Crippen LogP contribution is -2.24. The van der Waals surface area contributed by atoms with E-state index in [9.17, 15) is 14.4 Å². The van der Waals surface area contributed by atoms with E-state index >= 15 is 0 Å². The molecule has 0 radical (unpaired) electrons. The summed E-state index contributed by atoms with van der Waals surface area (Å²) in [5.74, 6) is -1.31. The van der Waals surface area contributed by atoms with Crippen molar-refractivity contribution in [3.63, 3.8) is 0 Å². The number of aromatic nitrogens is 3. The SMILES string of the molecule is Nc1c2c(cc(=O)n1-c1cccc(Cn3cc(Cl)cn3)c1)C(=O)NC2=O. The molecule has 4 rings (SSSR count). The molecule has 0 saturated heterocycles. The number of nitrogens with two attached hydrogens (primary N) is 1. The van der Waals surface area contributed by atoms with E-state index in [-0.39, 0.29) is 16.9 Å². The van der Waals surface area contributed by atoms with Gasteiger partial charge in [-0.25, -0.2) is 0 Å². The van der Waals surface area contributed by atoms with E-state index in [0.717, 1.165) is 11.6 Å². The number of hydrogen-bond donors (Lipinski definition) is 2. The number of carbonyl (C=O) groups is 2. The highest BCUT2D eigenvalue weighted by atomic mass is 35.5. The first-order valence-corrected chi connectivity index (χ1v) is 8.00. The third-order valence-corrected chi connectivity index (χ3v) is 4.26. The van der Waals surface area contributed by atoms with Gasteiger partial charge in [-0.1, -0.05) is 23.7 Å². The molecule has 1 aliphatic heterocycles. The summed E-state index contributed by atoms with van der Waals surface area (Å²) in [6.07, 6.45) is 3.21. The maximum Gasteiger partial charge on any atom is 0.262 e. The second kappa shape index (κ2) is 5.85. The van der Waals surface area contributed by atoms with Crippen LogP contribution in [0.1, 0.15) is 26.3 Å². The van der Waals surface area contributed by atoms with Crippen LogP contribution in [0.3, 0.4) is 0 Å². The fourth-order valence-electron chi connectivity index (χ4n) is 2.95. The van der Waals surface area contributed by atoms with Crippen LogP contribution < -0.4 is 16.6 Å². The van der Waals surface area contributed by atoms with E-state index in [2.05, 4.69) is 10.4 Å². The molecule has 1 aliphatic rings. The van der Waals surface area contributed by atoms with Crippen molar-refractivity contribution in [2.75, 3.05) is 5.73 Å². The number of anilines is 1. The Labute approximate surface area is 151 Å². The molecule has 0 unspecified atom stereocenters. The maximum atomic E-state index is 12.5. The molecule has 0 fully saturated rings. The van der Waals surface area contributed by atoms with Crippen LogP contribution in [0.25, 0.3) is 5.69 Å². The molecule has 0 spiro atoms. The highest BCUT2D eigenvalue weighted by Crippen LogP contribution is 2.23.